The van der Waals surface area contributed by atoms with Gasteiger partial charge in [-0.05, 0) is 86.7 Å². The quantitative estimate of drug-likeness (QED) is 0.315. The Morgan fingerprint density at radius 1 is 1.22 bits per heavy atom. The lowest BCUT2D eigenvalue weighted by Gasteiger charge is -2.27. The van der Waals surface area contributed by atoms with E-state index in [1.54, 1.807) is 17.4 Å². The molecule has 2 aromatic carbocycles. The molecule has 2 aromatic heterocycles. The number of aryl methyl sites for hydroxylation is 1. The third-order valence-corrected chi connectivity index (χ3v) is 7.63. The Morgan fingerprint density at radius 2 is 2.03 bits per heavy atom. The molecule has 3 heterocycles. The minimum Gasteiger partial charge on any atom is -0.487 e. The van der Waals surface area contributed by atoms with Gasteiger partial charge in [-0.25, -0.2) is 4.98 Å². The number of hydrogen-bond acceptors (Lipinski definition) is 6. The van der Waals surface area contributed by atoms with Crippen molar-refractivity contribution in [2.45, 2.75) is 52.7 Å². The maximum atomic E-state index is 11.9. The van der Waals surface area contributed by atoms with E-state index >= 15 is 0 Å². The highest BCUT2D eigenvalue weighted by atomic mass is 35.5. The van der Waals surface area contributed by atoms with E-state index in [4.69, 9.17) is 21.3 Å². The van der Waals surface area contributed by atoms with Gasteiger partial charge in [0.15, 0.2) is 5.13 Å². The number of aliphatic carboxylic acids is 1. The molecule has 36 heavy (non-hydrogen) atoms. The zero-order valence-electron chi connectivity index (χ0n) is 20.8. The molecular formula is C28H28ClN3O3S. The lowest BCUT2D eigenvalue weighted by Crippen LogP contribution is -2.30. The van der Waals surface area contributed by atoms with Crippen LogP contribution in [0.5, 0.6) is 5.75 Å². The Labute approximate surface area is 219 Å². The number of pyridine rings is 1. The van der Waals surface area contributed by atoms with Crippen LogP contribution < -0.4 is 9.64 Å². The second kappa shape index (κ2) is 9.37. The zero-order chi connectivity index (χ0) is 25.6. The summed E-state index contributed by atoms with van der Waals surface area (Å²) < 4.78 is 7.26. The molecule has 0 fully saturated rings. The molecule has 8 heteroatoms. The summed E-state index contributed by atoms with van der Waals surface area (Å²) in [7, 11) is 0. The molecule has 186 valence electrons. The first-order chi connectivity index (χ1) is 17.1. The van der Waals surface area contributed by atoms with Gasteiger partial charge in [0.1, 0.15) is 11.4 Å². The molecule has 0 amide bonds. The van der Waals surface area contributed by atoms with Gasteiger partial charge in [0.25, 0.3) is 0 Å². The molecule has 1 N–H and O–H groups in total. The Bertz CT molecular complexity index is 1480. The summed E-state index contributed by atoms with van der Waals surface area (Å²) in [5.74, 6) is -0.253. The fourth-order valence-electron chi connectivity index (χ4n) is 4.69. The van der Waals surface area contributed by atoms with Crippen LogP contribution in [0, 0.1) is 6.92 Å². The number of benzene rings is 2. The first-order valence-electron chi connectivity index (χ1n) is 11.9. The number of carboxylic acid groups (broad SMARTS) is 1. The molecule has 0 saturated heterocycles. The molecule has 0 unspecified atom stereocenters. The Morgan fingerprint density at radius 3 is 2.78 bits per heavy atom. The maximum Gasteiger partial charge on any atom is 0.307 e. The molecule has 0 bridgehead atoms. The average molecular weight is 522 g/mol. The van der Waals surface area contributed by atoms with Gasteiger partial charge in [-0.1, -0.05) is 22.9 Å². The number of rotatable bonds is 5. The van der Waals surface area contributed by atoms with Crippen LogP contribution in [-0.2, 0) is 24.2 Å². The summed E-state index contributed by atoms with van der Waals surface area (Å²) >= 11 is 7.95. The van der Waals surface area contributed by atoms with Crippen molar-refractivity contribution >= 4 is 44.3 Å². The van der Waals surface area contributed by atoms with E-state index in [0.29, 0.717) is 10.8 Å². The van der Waals surface area contributed by atoms with Crippen LogP contribution >= 0.6 is 22.9 Å². The predicted molar refractivity (Wildman–Crippen MR) is 146 cm³/mol. The molecule has 0 aliphatic carbocycles. The normalized spacial score (nSPS) is 13.6. The molecule has 0 spiro atoms. The lowest BCUT2D eigenvalue weighted by atomic mass is 9.92. The smallest absolute Gasteiger partial charge is 0.307 e. The SMILES string of the molecule is Cc1cc2nc(N3CCc4ccncc4C3)sc2c(-c2ccc(Cl)cc2OC(C)(C)C)c1CC(=O)O. The molecule has 4 aromatic rings. The highest BCUT2D eigenvalue weighted by Crippen LogP contribution is 2.45. The summed E-state index contributed by atoms with van der Waals surface area (Å²) in [5, 5.41) is 11.2. The van der Waals surface area contributed by atoms with Crippen LogP contribution in [0.1, 0.15) is 43.0 Å². The zero-order valence-corrected chi connectivity index (χ0v) is 22.3. The number of nitrogens with zero attached hydrogens (tertiary/aromatic N) is 3. The van der Waals surface area contributed by atoms with Crippen molar-refractivity contribution in [1.82, 2.24) is 9.97 Å². The van der Waals surface area contributed by atoms with Gasteiger partial charge in [0, 0.05) is 41.6 Å². The number of hydrogen-bond donors (Lipinski definition) is 1. The molecule has 5 rings (SSSR count). The van der Waals surface area contributed by atoms with Crippen LogP contribution in [0.3, 0.4) is 0 Å². The van der Waals surface area contributed by atoms with E-state index in [1.807, 2.05) is 58.3 Å². The number of aromatic nitrogens is 2. The molecule has 1 aliphatic rings. The Balaban J connectivity index is 1.70. The summed E-state index contributed by atoms with van der Waals surface area (Å²) in [5.41, 5.74) is 6.26. The Kier molecular flexibility index (Phi) is 6.39. The fraction of sp³-hybridized carbons (Fsp3) is 0.321. The summed E-state index contributed by atoms with van der Waals surface area (Å²) in [6.07, 6.45) is 4.61. The summed E-state index contributed by atoms with van der Waals surface area (Å²) in [6.45, 7) is 9.51. The van der Waals surface area contributed by atoms with Gasteiger partial charge >= 0.3 is 5.97 Å². The van der Waals surface area contributed by atoms with Crippen LogP contribution in [0.25, 0.3) is 21.3 Å². The molecular weight excluding hydrogens is 494 g/mol. The van der Waals surface area contributed by atoms with Crippen molar-refractivity contribution in [3.05, 3.63) is 70.0 Å². The maximum absolute atomic E-state index is 11.9. The Hall–Kier alpha value is -3.16. The number of ether oxygens (including phenoxy) is 1. The molecule has 6 nitrogen and oxygen atoms in total. The van der Waals surface area contributed by atoms with Crippen LogP contribution in [-0.4, -0.2) is 33.2 Å². The molecule has 0 radical (unpaired) electrons. The van der Waals surface area contributed by atoms with E-state index in [2.05, 4.69) is 16.0 Å². The molecule has 0 atom stereocenters. The van der Waals surface area contributed by atoms with Crippen molar-refractivity contribution in [2.75, 3.05) is 11.4 Å². The number of carboxylic acids is 1. The van der Waals surface area contributed by atoms with E-state index in [9.17, 15) is 9.90 Å². The van der Waals surface area contributed by atoms with Crippen LogP contribution in [0.4, 0.5) is 5.13 Å². The van der Waals surface area contributed by atoms with Gasteiger partial charge in [-0.3, -0.25) is 9.78 Å². The van der Waals surface area contributed by atoms with Crippen molar-refractivity contribution in [3.63, 3.8) is 0 Å². The van der Waals surface area contributed by atoms with E-state index < -0.39 is 11.6 Å². The number of anilines is 1. The average Bonchev–Trinajstić information content (AvgIpc) is 3.22. The van der Waals surface area contributed by atoms with Gasteiger partial charge in [0.05, 0.1) is 16.6 Å². The molecule has 0 saturated carbocycles. The second-order valence-corrected chi connectivity index (χ2v) is 11.5. The third kappa shape index (κ3) is 4.90. The highest BCUT2D eigenvalue weighted by molar-refractivity contribution is 7.22. The van der Waals surface area contributed by atoms with Crippen molar-refractivity contribution in [2.24, 2.45) is 0 Å². The number of thiazole rings is 1. The number of carbonyl (C=O) groups is 1. The second-order valence-electron chi connectivity index (χ2n) is 10.1. The van der Waals surface area contributed by atoms with E-state index in [1.165, 1.54) is 11.1 Å². The highest BCUT2D eigenvalue weighted by Gasteiger charge is 2.25. The summed E-state index contributed by atoms with van der Waals surface area (Å²) in [6, 6.07) is 9.63. The van der Waals surface area contributed by atoms with Crippen LogP contribution in [0.2, 0.25) is 5.02 Å². The van der Waals surface area contributed by atoms with Crippen molar-refractivity contribution < 1.29 is 14.6 Å². The monoisotopic (exact) mass is 521 g/mol. The number of fused-ring (bicyclic) bond motifs is 2. The third-order valence-electron chi connectivity index (χ3n) is 6.24. The summed E-state index contributed by atoms with van der Waals surface area (Å²) in [4.78, 5) is 23.5. The first kappa shape index (κ1) is 24.5. The van der Waals surface area contributed by atoms with Gasteiger partial charge in [-0.15, -0.1) is 0 Å². The van der Waals surface area contributed by atoms with Crippen molar-refractivity contribution in [1.29, 1.82) is 0 Å². The van der Waals surface area contributed by atoms with E-state index in [0.717, 1.165) is 57.1 Å². The van der Waals surface area contributed by atoms with Crippen LogP contribution in [0.15, 0.2) is 42.7 Å². The first-order valence-corrected chi connectivity index (χ1v) is 13.1. The predicted octanol–water partition coefficient (Wildman–Crippen LogP) is 6.69. The van der Waals surface area contributed by atoms with Gasteiger partial charge < -0.3 is 14.7 Å². The van der Waals surface area contributed by atoms with Gasteiger partial charge in [0.2, 0.25) is 0 Å². The van der Waals surface area contributed by atoms with Gasteiger partial charge in [-0.2, -0.15) is 0 Å². The topological polar surface area (TPSA) is 75.5 Å². The largest absolute Gasteiger partial charge is 0.487 e. The fourth-order valence-corrected chi connectivity index (χ4v) is 6.00. The standard InChI is InChI=1S/C28H28ClN3O3S/c1-16-11-22-26(36-27(31-22)32-10-8-17-7-9-30-14-18(17)15-32)25(21(16)13-24(33)34)20-6-5-19(29)12-23(20)35-28(2,3)4/h5-7,9,11-12,14H,8,10,13,15H2,1-4H3,(H,33,34). The minimum absolute atomic E-state index is 0.0926. The minimum atomic E-state index is -0.879. The lowest BCUT2D eigenvalue weighted by molar-refractivity contribution is -0.136. The van der Waals surface area contributed by atoms with E-state index in [-0.39, 0.29) is 6.42 Å². The van der Waals surface area contributed by atoms with Crippen molar-refractivity contribution in [3.8, 4) is 16.9 Å². The number of halogens is 1. The molecule has 1 aliphatic heterocycles.